The van der Waals surface area contributed by atoms with Crippen LogP contribution in [0.5, 0.6) is 11.5 Å². The number of anilines is 1. The van der Waals surface area contributed by atoms with Crippen LogP contribution in [0, 0.1) is 11.3 Å². The quantitative estimate of drug-likeness (QED) is 0.237. The molecule has 0 aliphatic heterocycles. The van der Waals surface area contributed by atoms with Crippen LogP contribution >= 0.6 is 15.9 Å². The molecule has 0 bridgehead atoms. The maximum absolute atomic E-state index is 13.4. The molecule has 0 saturated heterocycles. The van der Waals surface area contributed by atoms with E-state index in [4.69, 9.17) is 14.7 Å². The summed E-state index contributed by atoms with van der Waals surface area (Å²) in [6.07, 6.45) is 0. The summed E-state index contributed by atoms with van der Waals surface area (Å²) in [7, 11) is 1.57. The fourth-order valence-electron chi connectivity index (χ4n) is 3.77. The summed E-state index contributed by atoms with van der Waals surface area (Å²) in [6.45, 7) is 0.774. The first-order valence-corrected chi connectivity index (χ1v) is 12.5. The van der Waals surface area contributed by atoms with Crippen LogP contribution in [0.4, 0.5) is 5.69 Å². The van der Waals surface area contributed by atoms with Crippen molar-refractivity contribution in [2.24, 2.45) is 0 Å². The van der Waals surface area contributed by atoms with Gasteiger partial charge >= 0.3 is 0 Å². The highest BCUT2D eigenvalue weighted by Gasteiger charge is 2.22. The fourth-order valence-corrected chi connectivity index (χ4v) is 4.21. The lowest BCUT2D eigenvalue weighted by molar-refractivity contribution is -0.122. The molecule has 2 N–H and O–H groups in total. The second kappa shape index (κ2) is 12.6. The Morgan fingerprint density at radius 3 is 2.38 bits per heavy atom. The first kappa shape index (κ1) is 25.8. The monoisotopic (exact) mass is 555 g/mol. The minimum absolute atomic E-state index is 0.196. The molecule has 0 fully saturated rings. The largest absolute Gasteiger partial charge is 0.493 e. The van der Waals surface area contributed by atoms with Crippen molar-refractivity contribution in [3.63, 3.8) is 0 Å². The number of nitriles is 1. The molecule has 4 aromatic rings. The number of hydrogen-bond donors (Lipinski definition) is 2. The molecule has 0 spiro atoms. The zero-order chi connectivity index (χ0) is 26.0. The Morgan fingerprint density at radius 1 is 0.919 bits per heavy atom. The lowest BCUT2D eigenvalue weighted by atomic mass is 10.0. The average Bonchev–Trinajstić information content (AvgIpc) is 2.94. The van der Waals surface area contributed by atoms with Crippen LogP contribution < -0.4 is 20.1 Å². The SMILES string of the molecule is COc1cc([C@H](Nc2ccc(C#N)cc2)C(=O)NCc2ccccc2)ccc1OCc1cccc(Br)c1. The molecule has 0 aliphatic rings. The van der Waals surface area contributed by atoms with Gasteiger partial charge in [0.25, 0.3) is 0 Å². The molecule has 186 valence electrons. The number of carbonyl (C=O) groups is 1. The van der Waals surface area contributed by atoms with Crippen molar-refractivity contribution in [3.8, 4) is 17.6 Å². The van der Waals surface area contributed by atoms with Crippen molar-refractivity contribution in [2.75, 3.05) is 12.4 Å². The van der Waals surface area contributed by atoms with Gasteiger partial charge in [0, 0.05) is 16.7 Å². The number of rotatable bonds is 10. The molecule has 0 unspecified atom stereocenters. The molecule has 0 aromatic heterocycles. The second-order valence-electron chi connectivity index (χ2n) is 8.30. The van der Waals surface area contributed by atoms with Crippen molar-refractivity contribution in [1.29, 1.82) is 5.26 Å². The predicted molar refractivity (Wildman–Crippen MR) is 147 cm³/mol. The number of methoxy groups -OCH3 is 1. The summed E-state index contributed by atoms with van der Waals surface area (Å²) >= 11 is 3.48. The smallest absolute Gasteiger partial charge is 0.247 e. The van der Waals surface area contributed by atoms with Gasteiger partial charge in [-0.25, -0.2) is 0 Å². The second-order valence-corrected chi connectivity index (χ2v) is 9.21. The maximum Gasteiger partial charge on any atom is 0.247 e. The highest BCUT2D eigenvalue weighted by molar-refractivity contribution is 9.10. The third-order valence-corrected chi connectivity index (χ3v) is 6.19. The van der Waals surface area contributed by atoms with E-state index in [0.29, 0.717) is 41.5 Å². The summed E-state index contributed by atoms with van der Waals surface area (Å²) in [5.74, 6) is 0.904. The first-order valence-electron chi connectivity index (χ1n) is 11.7. The third kappa shape index (κ3) is 7.12. The zero-order valence-electron chi connectivity index (χ0n) is 20.3. The Labute approximate surface area is 225 Å². The molecule has 1 atom stereocenters. The zero-order valence-corrected chi connectivity index (χ0v) is 21.9. The Hall–Kier alpha value is -4.28. The van der Waals surface area contributed by atoms with Crippen LogP contribution in [-0.4, -0.2) is 13.0 Å². The van der Waals surface area contributed by atoms with Crippen LogP contribution in [0.15, 0.2) is 102 Å². The first-order chi connectivity index (χ1) is 18.1. The number of nitrogens with one attached hydrogen (secondary N) is 2. The van der Waals surface area contributed by atoms with E-state index >= 15 is 0 Å². The lowest BCUT2D eigenvalue weighted by Gasteiger charge is -2.21. The molecule has 4 rings (SSSR count). The maximum atomic E-state index is 13.4. The van der Waals surface area contributed by atoms with Gasteiger partial charge in [0.2, 0.25) is 5.91 Å². The van der Waals surface area contributed by atoms with Gasteiger partial charge in [0.15, 0.2) is 11.5 Å². The minimum Gasteiger partial charge on any atom is -0.493 e. The normalized spacial score (nSPS) is 11.2. The van der Waals surface area contributed by atoms with Gasteiger partial charge in [-0.05, 0) is 65.2 Å². The molecule has 37 heavy (non-hydrogen) atoms. The molecule has 1 amide bonds. The summed E-state index contributed by atoms with van der Waals surface area (Å²) in [5.41, 5.74) is 3.99. The summed E-state index contributed by atoms with van der Waals surface area (Å²) in [6, 6.07) is 31.5. The number of carbonyl (C=O) groups excluding carboxylic acids is 1. The molecule has 4 aromatic carbocycles. The van der Waals surface area contributed by atoms with Gasteiger partial charge in [0.1, 0.15) is 12.6 Å². The molecular formula is C30H26BrN3O3. The van der Waals surface area contributed by atoms with Gasteiger partial charge in [-0.1, -0.05) is 64.5 Å². The van der Waals surface area contributed by atoms with Crippen molar-refractivity contribution in [1.82, 2.24) is 5.32 Å². The van der Waals surface area contributed by atoms with Crippen molar-refractivity contribution in [3.05, 3.63) is 124 Å². The van der Waals surface area contributed by atoms with E-state index in [9.17, 15) is 4.79 Å². The van der Waals surface area contributed by atoms with Crippen molar-refractivity contribution in [2.45, 2.75) is 19.2 Å². The Balaban J connectivity index is 1.56. The molecule has 0 aliphatic carbocycles. The Bertz CT molecular complexity index is 1390. The fraction of sp³-hybridized carbons (Fsp3) is 0.133. The Morgan fingerprint density at radius 2 is 1.68 bits per heavy atom. The lowest BCUT2D eigenvalue weighted by Crippen LogP contribution is -2.33. The van der Waals surface area contributed by atoms with E-state index in [1.165, 1.54) is 0 Å². The Kier molecular flexibility index (Phi) is 8.79. The van der Waals surface area contributed by atoms with E-state index in [-0.39, 0.29) is 5.91 Å². The van der Waals surface area contributed by atoms with E-state index < -0.39 is 6.04 Å². The highest BCUT2D eigenvalue weighted by Crippen LogP contribution is 2.32. The van der Waals surface area contributed by atoms with E-state index in [1.807, 2.05) is 66.7 Å². The van der Waals surface area contributed by atoms with Crippen LogP contribution in [-0.2, 0) is 17.9 Å². The summed E-state index contributed by atoms with van der Waals surface area (Å²) in [5, 5.41) is 15.4. The molecule has 6 nitrogen and oxygen atoms in total. The van der Waals surface area contributed by atoms with E-state index in [2.05, 4.69) is 32.6 Å². The molecular weight excluding hydrogens is 530 g/mol. The summed E-state index contributed by atoms with van der Waals surface area (Å²) < 4.78 is 12.6. The number of benzene rings is 4. The third-order valence-electron chi connectivity index (χ3n) is 5.70. The van der Waals surface area contributed by atoms with Crippen molar-refractivity contribution < 1.29 is 14.3 Å². The van der Waals surface area contributed by atoms with Gasteiger partial charge in [-0.15, -0.1) is 0 Å². The van der Waals surface area contributed by atoms with E-state index in [1.54, 1.807) is 37.4 Å². The highest BCUT2D eigenvalue weighted by atomic mass is 79.9. The number of halogens is 1. The van der Waals surface area contributed by atoms with Crippen LogP contribution in [0.1, 0.15) is 28.3 Å². The number of amides is 1. The number of nitrogens with zero attached hydrogens (tertiary/aromatic N) is 1. The van der Waals surface area contributed by atoms with Crippen molar-refractivity contribution >= 4 is 27.5 Å². The predicted octanol–water partition coefficient (Wildman–Crippen LogP) is 6.38. The average molecular weight is 556 g/mol. The molecule has 0 heterocycles. The molecule has 0 radical (unpaired) electrons. The standard InChI is InChI=1S/C30H26BrN3O3/c1-36-28-17-24(12-15-27(28)37-20-23-8-5-9-25(31)16-23)29(34-26-13-10-21(18-32)11-14-26)30(35)33-19-22-6-3-2-4-7-22/h2-17,29,34H,19-20H2,1H3,(H,33,35)/t29-/m0/s1. The molecule has 7 heteroatoms. The number of hydrogen-bond acceptors (Lipinski definition) is 5. The van der Waals surface area contributed by atoms with Gasteiger partial charge in [-0.2, -0.15) is 5.26 Å². The minimum atomic E-state index is -0.704. The number of ether oxygens (including phenoxy) is 2. The van der Waals surface area contributed by atoms with Crippen LogP contribution in [0.2, 0.25) is 0 Å². The topological polar surface area (TPSA) is 83.4 Å². The van der Waals surface area contributed by atoms with Crippen LogP contribution in [0.3, 0.4) is 0 Å². The molecule has 0 saturated carbocycles. The van der Waals surface area contributed by atoms with Gasteiger partial charge in [-0.3, -0.25) is 4.79 Å². The van der Waals surface area contributed by atoms with Gasteiger partial charge < -0.3 is 20.1 Å². The summed E-state index contributed by atoms with van der Waals surface area (Å²) in [4.78, 5) is 13.4. The van der Waals surface area contributed by atoms with Gasteiger partial charge in [0.05, 0.1) is 18.7 Å². The van der Waals surface area contributed by atoms with E-state index in [0.717, 1.165) is 15.6 Å². The van der Waals surface area contributed by atoms with Crippen LogP contribution in [0.25, 0.3) is 0 Å².